The molecule has 0 aliphatic heterocycles. The highest BCUT2D eigenvalue weighted by molar-refractivity contribution is 6.03. The zero-order valence-corrected chi connectivity index (χ0v) is 12.6. The number of nitrogens with zero attached hydrogens (tertiary/aromatic N) is 3. The maximum atomic E-state index is 8.78. The Labute approximate surface area is 135 Å². The number of nitriles is 2. The summed E-state index contributed by atoms with van der Waals surface area (Å²) in [6.07, 6.45) is 1.39. The molecule has 0 radical (unpaired) electrons. The topological polar surface area (TPSA) is 84.0 Å². The van der Waals surface area contributed by atoms with E-state index in [1.165, 1.54) is 6.20 Å². The summed E-state index contributed by atoms with van der Waals surface area (Å²) in [6, 6.07) is 20.8. The van der Waals surface area contributed by atoms with Crippen molar-refractivity contribution in [3.8, 4) is 12.1 Å². The zero-order valence-electron chi connectivity index (χ0n) is 12.6. The molecule has 0 atom stereocenters. The van der Waals surface area contributed by atoms with Crippen LogP contribution in [0.5, 0.6) is 0 Å². The molecule has 2 aromatic carbocycles. The van der Waals surface area contributed by atoms with Crippen LogP contribution in [0.25, 0.3) is 0 Å². The van der Waals surface area contributed by atoms with E-state index in [9.17, 15) is 0 Å². The van der Waals surface area contributed by atoms with Crippen molar-refractivity contribution in [2.24, 2.45) is 5.10 Å². The fraction of sp³-hybridized carbons (Fsp3) is 0.0556. The van der Waals surface area contributed by atoms with Gasteiger partial charge in [0.05, 0.1) is 11.4 Å². The van der Waals surface area contributed by atoms with Gasteiger partial charge in [0.1, 0.15) is 17.7 Å². The Morgan fingerprint density at radius 1 is 1.00 bits per heavy atom. The van der Waals surface area contributed by atoms with E-state index >= 15 is 0 Å². The van der Waals surface area contributed by atoms with E-state index in [1.807, 2.05) is 73.7 Å². The van der Waals surface area contributed by atoms with E-state index in [0.717, 1.165) is 22.6 Å². The third-order valence-corrected chi connectivity index (χ3v) is 3.06. The Bertz CT molecular complexity index is 791. The number of benzene rings is 2. The Morgan fingerprint density at radius 2 is 1.65 bits per heavy atom. The lowest BCUT2D eigenvalue weighted by Crippen LogP contribution is -2.04. The van der Waals surface area contributed by atoms with Crippen LogP contribution in [-0.4, -0.2) is 5.71 Å². The molecule has 0 saturated carbocycles. The minimum atomic E-state index is 0.0109. The molecule has 0 aliphatic carbocycles. The van der Waals surface area contributed by atoms with Crippen molar-refractivity contribution in [2.45, 2.75) is 6.92 Å². The largest absolute Gasteiger partial charge is 0.359 e. The molecule has 23 heavy (non-hydrogen) atoms. The maximum Gasteiger partial charge on any atom is 0.145 e. The SMILES string of the molecule is CC(=NNc1ccccc1)c1ccccc1NC=C(C#N)C#N. The second-order valence-electron chi connectivity index (χ2n) is 4.65. The van der Waals surface area contributed by atoms with Crippen molar-refractivity contribution in [1.29, 1.82) is 10.5 Å². The van der Waals surface area contributed by atoms with Crippen LogP contribution >= 0.6 is 0 Å². The molecule has 112 valence electrons. The predicted octanol–water partition coefficient (Wildman–Crippen LogP) is 3.87. The van der Waals surface area contributed by atoms with Crippen LogP contribution in [0, 0.1) is 22.7 Å². The van der Waals surface area contributed by atoms with Crippen LogP contribution in [0.1, 0.15) is 12.5 Å². The van der Waals surface area contributed by atoms with Crippen molar-refractivity contribution in [3.63, 3.8) is 0 Å². The van der Waals surface area contributed by atoms with Crippen molar-refractivity contribution in [2.75, 3.05) is 10.7 Å². The van der Waals surface area contributed by atoms with Gasteiger partial charge in [0.15, 0.2) is 0 Å². The lowest BCUT2D eigenvalue weighted by atomic mass is 10.1. The third kappa shape index (κ3) is 4.45. The number of hydrogen-bond acceptors (Lipinski definition) is 5. The molecule has 5 nitrogen and oxygen atoms in total. The van der Waals surface area contributed by atoms with Gasteiger partial charge in [-0.15, -0.1) is 0 Å². The van der Waals surface area contributed by atoms with Crippen LogP contribution in [0.3, 0.4) is 0 Å². The zero-order chi connectivity index (χ0) is 16.5. The molecule has 0 unspecified atom stereocenters. The molecular formula is C18H15N5. The van der Waals surface area contributed by atoms with Crippen LogP contribution in [0.15, 0.2) is 71.5 Å². The molecule has 2 N–H and O–H groups in total. The van der Waals surface area contributed by atoms with Gasteiger partial charge >= 0.3 is 0 Å². The average Bonchev–Trinajstić information content (AvgIpc) is 2.62. The second kappa shape index (κ2) is 8.02. The number of rotatable bonds is 5. The monoisotopic (exact) mass is 301 g/mol. The molecular weight excluding hydrogens is 286 g/mol. The van der Waals surface area contributed by atoms with E-state index in [2.05, 4.69) is 15.8 Å². The highest BCUT2D eigenvalue weighted by Gasteiger charge is 2.04. The Morgan fingerprint density at radius 3 is 2.35 bits per heavy atom. The first-order chi connectivity index (χ1) is 11.2. The lowest BCUT2D eigenvalue weighted by Gasteiger charge is -2.09. The molecule has 0 aromatic heterocycles. The van der Waals surface area contributed by atoms with Gasteiger partial charge < -0.3 is 5.32 Å². The minimum Gasteiger partial charge on any atom is -0.359 e. The molecule has 0 amide bonds. The molecule has 0 aliphatic rings. The highest BCUT2D eigenvalue weighted by atomic mass is 15.3. The normalized spacial score (nSPS) is 10.1. The van der Waals surface area contributed by atoms with Gasteiger partial charge in [-0.3, -0.25) is 5.43 Å². The molecule has 5 heteroatoms. The fourth-order valence-corrected chi connectivity index (χ4v) is 1.89. The first-order valence-corrected chi connectivity index (χ1v) is 6.96. The molecule has 0 saturated heterocycles. The van der Waals surface area contributed by atoms with Gasteiger partial charge in [0.2, 0.25) is 0 Å². The van der Waals surface area contributed by atoms with Gasteiger partial charge in [0, 0.05) is 17.5 Å². The average molecular weight is 301 g/mol. The van der Waals surface area contributed by atoms with Crippen molar-refractivity contribution < 1.29 is 0 Å². The smallest absolute Gasteiger partial charge is 0.145 e. The van der Waals surface area contributed by atoms with Gasteiger partial charge in [-0.25, -0.2) is 0 Å². The number of allylic oxidation sites excluding steroid dienone is 1. The first kappa shape index (κ1) is 15.8. The summed E-state index contributed by atoms with van der Waals surface area (Å²) in [7, 11) is 0. The Kier molecular flexibility index (Phi) is 5.51. The Balaban J connectivity index is 2.21. The van der Waals surface area contributed by atoms with E-state index in [1.54, 1.807) is 0 Å². The predicted molar refractivity (Wildman–Crippen MR) is 91.6 cm³/mol. The molecule has 0 heterocycles. The molecule has 0 fully saturated rings. The number of hydrazone groups is 1. The third-order valence-electron chi connectivity index (χ3n) is 3.06. The van der Waals surface area contributed by atoms with Crippen LogP contribution in [-0.2, 0) is 0 Å². The molecule has 2 aromatic rings. The summed E-state index contributed by atoms with van der Waals surface area (Å²) in [6.45, 7) is 1.88. The molecule has 0 spiro atoms. The lowest BCUT2D eigenvalue weighted by molar-refractivity contribution is 1.32. The van der Waals surface area contributed by atoms with Gasteiger partial charge in [-0.2, -0.15) is 15.6 Å². The van der Waals surface area contributed by atoms with E-state index in [4.69, 9.17) is 10.5 Å². The van der Waals surface area contributed by atoms with Crippen molar-refractivity contribution in [3.05, 3.63) is 71.9 Å². The number of anilines is 2. The summed E-state index contributed by atoms with van der Waals surface area (Å²) >= 11 is 0. The number of nitrogens with one attached hydrogen (secondary N) is 2. The van der Waals surface area contributed by atoms with Crippen LogP contribution < -0.4 is 10.7 Å². The van der Waals surface area contributed by atoms with E-state index in [0.29, 0.717) is 0 Å². The van der Waals surface area contributed by atoms with Gasteiger partial charge in [-0.1, -0.05) is 36.4 Å². The standard InChI is InChI=1S/C18H15N5/c1-14(22-23-16-7-3-2-4-8-16)17-9-5-6-10-18(17)21-13-15(11-19)12-20/h2-10,13,21,23H,1H3. The summed E-state index contributed by atoms with van der Waals surface area (Å²) < 4.78 is 0. The van der Waals surface area contributed by atoms with Crippen LogP contribution in [0.2, 0.25) is 0 Å². The summed E-state index contributed by atoms with van der Waals surface area (Å²) in [4.78, 5) is 0. The van der Waals surface area contributed by atoms with Crippen molar-refractivity contribution >= 4 is 17.1 Å². The van der Waals surface area contributed by atoms with Crippen molar-refractivity contribution in [1.82, 2.24) is 0 Å². The fourth-order valence-electron chi connectivity index (χ4n) is 1.89. The van der Waals surface area contributed by atoms with E-state index < -0.39 is 0 Å². The minimum absolute atomic E-state index is 0.0109. The quantitative estimate of drug-likeness (QED) is 0.499. The highest BCUT2D eigenvalue weighted by Crippen LogP contribution is 2.17. The van der Waals surface area contributed by atoms with E-state index in [-0.39, 0.29) is 5.57 Å². The number of para-hydroxylation sites is 2. The Hall–Kier alpha value is -3.57. The number of hydrogen-bond donors (Lipinski definition) is 2. The second-order valence-corrected chi connectivity index (χ2v) is 4.65. The van der Waals surface area contributed by atoms with Gasteiger partial charge in [-0.05, 0) is 25.1 Å². The summed E-state index contributed by atoms with van der Waals surface area (Å²) in [5, 5.41) is 24.9. The molecule has 2 rings (SSSR count). The molecule has 0 bridgehead atoms. The van der Waals surface area contributed by atoms with Crippen LogP contribution in [0.4, 0.5) is 11.4 Å². The van der Waals surface area contributed by atoms with Gasteiger partial charge in [0.25, 0.3) is 0 Å². The summed E-state index contributed by atoms with van der Waals surface area (Å²) in [5.74, 6) is 0. The summed E-state index contributed by atoms with van der Waals surface area (Å²) in [5.41, 5.74) is 6.33. The maximum absolute atomic E-state index is 8.78. The first-order valence-electron chi connectivity index (χ1n) is 6.96.